The minimum atomic E-state index is -0.478. The molecule has 2 fully saturated rings. The van der Waals surface area contributed by atoms with Crippen molar-refractivity contribution in [2.75, 3.05) is 19.6 Å². The number of esters is 1. The first kappa shape index (κ1) is 27.9. The Bertz CT molecular complexity index is 1070. The van der Waals surface area contributed by atoms with Crippen LogP contribution in [0.3, 0.4) is 0 Å². The molecule has 1 aromatic carbocycles. The Morgan fingerprint density at radius 3 is 2.62 bits per heavy atom. The Morgan fingerprint density at radius 2 is 1.86 bits per heavy atom. The van der Waals surface area contributed by atoms with Crippen LogP contribution in [0.4, 0.5) is 0 Å². The number of nitrogens with zero attached hydrogens (tertiary/aromatic N) is 2. The summed E-state index contributed by atoms with van der Waals surface area (Å²) in [5, 5.41) is 0. The highest BCUT2D eigenvalue weighted by Crippen LogP contribution is 2.51. The highest BCUT2D eigenvalue weighted by molar-refractivity contribution is 5.85. The molecule has 1 saturated heterocycles. The van der Waals surface area contributed by atoms with Crippen LogP contribution in [0.25, 0.3) is 11.1 Å². The molecule has 0 bridgehead atoms. The fourth-order valence-electron chi connectivity index (χ4n) is 6.46. The number of piperidine rings is 1. The summed E-state index contributed by atoms with van der Waals surface area (Å²) in [4.78, 5) is 20.0. The highest BCUT2D eigenvalue weighted by atomic mass is 35.5. The van der Waals surface area contributed by atoms with Crippen molar-refractivity contribution >= 4 is 18.4 Å². The second-order valence-electron chi connectivity index (χ2n) is 11.6. The van der Waals surface area contributed by atoms with Gasteiger partial charge < -0.3 is 14.4 Å². The number of rotatable bonds is 7. The van der Waals surface area contributed by atoms with E-state index in [0.29, 0.717) is 24.0 Å². The Morgan fingerprint density at radius 1 is 1.14 bits per heavy atom. The molecule has 2 aromatic rings. The molecule has 1 atom stereocenters. The first-order chi connectivity index (χ1) is 17.4. The molecule has 0 amide bonds. The average Bonchev–Trinajstić information content (AvgIpc) is 2.89. The topological polar surface area (TPSA) is 51.7 Å². The first-order valence-electron chi connectivity index (χ1n) is 14.2. The van der Waals surface area contributed by atoms with Crippen LogP contribution in [-0.4, -0.2) is 35.5 Å². The zero-order valence-electron chi connectivity index (χ0n) is 22.8. The monoisotopic (exact) mass is 526 g/mol. The van der Waals surface area contributed by atoms with E-state index in [1.807, 2.05) is 12.3 Å². The van der Waals surface area contributed by atoms with E-state index in [1.54, 1.807) is 6.20 Å². The third-order valence-electron chi connectivity index (χ3n) is 8.60. The molecule has 0 spiro atoms. The molecule has 5 rings (SSSR count). The fourth-order valence-corrected chi connectivity index (χ4v) is 6.46. The number of carbonyl (C=O) groups is 1. The van der Waals surface area contributed by atoms with Crippen LogP contribution in [0.1, 0.15) is 102 Å². The summed E-state index contributed by atoms with van der Waals surface area (Å²) in [5.74, 6) is 2.33. The normalized spacial score (nSPS) is 20.1. The minimum absolute atomic E-state index is 0. The number of halogens is 1. The number of hydrogen-bond donors (Lipinski definition) is 0. The van der Waals surface area contributed by atoms with Gasteiger partial charge in [0.2, 0.25) is 0 Å². The Kier molecular flexibility index (Phi) is 9.18. The van der Waals surface area contributed by atoms with Gasteiger partial charge in [0.15, 0.2) is 0 Å². The number of pyridine rings is 1. The number of aromatic nitrogens is 1. The Balaban J connectivity index is 0.00000320. The Labute approximate surface area is 228 Å². The maximum atomic E-state index is 13.1. The first-order valence-corrected chi connectivity index (χ1v) is 14.2. The lowest BCUT2D eigenvalue weighted by Gasteiger charge is -2.36. The number of benzene rings is 1. The van der Waals surface area contributed by atoms with Crippen LogP contribution in [-0.2, 0) is 10.4 Å². The number of likely N-dealkylation sites (tertiary alicyclic amines) is 1. The van der Waals surface area contributed by atoms with Crippen LogP contribution >= 0.6 is 12.4 Å². The predicted molar refractivity (Wildman–Crippen MR) is 151 cm³/mol. The van der Waals surface area contributed by atoms with E-state index < -0.39 is 5.60 Å². The lowest BCUT2D eigenvalue weighted by Crippen LogP contribution is -2.31. The van der Waals surface area contributed by atoms with Crippen molar-refractivity contribution in [2.24, 2.45) is 5.92 Å². The predicted octanol–water partition coefficient (Wildman–Crippen LogP) is 7.65. The van der Waals surface area contributed by atoms with E-state index in [0.717, 1.165) is 48.5 Å². The van der Waals surface area contributed by atoms with Crippen LogP contribution in [0.5, 0.6) is 11.5 Å². The van der Waals surface area contributed by atoms with Crippen LogP contribution < -0.4 is 9.47 Å². The van der Waals surface area contributed by atoms with Crippen molar-refractivity contribution in [3.8, 4) is 22.6 Å². The van der Waals surface area contributed by atoms with E-state index in [4.69, 9.17) is 9.47 Å². The zero-order valence-corrected chi connectivity index (χ0v) is 23.6. The number of fused-ring (bicyclic) bond motifs is 3. The lowest BCUT2D eigenvalue weighted by molar-refractivity contribution is -0.134. The average molecular weight is 527 g/mol. The van der Waals surface area contributed by atoms with Gasteiger partial charge in [0, 0.05) is 29.9 Å². The van der Waals surface area contributed by atoms with E-state index in [-0.39, 0.29) is 18.4 Å². The van der Waals surface area contributed by atoms with Gasteiger partial charge in [-0.25, -0.2) is 0 Å². The summed E-state index contributed by atoms with van der Waals surface area (Å²) < 4.78 is 12.7. The van der Waals surface area contributed by atoms with Gasteiger partial charge in [-0.15, -0.1) is 12.4 Å². The maximum Gasteiger partial charge on any atom is 0.311 e. The van der Waals surface area contributed by atoms with Crippen molar-refractivity contribution in [3.05, 3.63) is 41.7 Å². The summed E-state index contributed by atoms with van der Waals surface area (Å²) in [6, 6.07) is 6.32. The van der Waals surface area contributed by atoms with E-state index in [9.17, 15) is 4.79 Å². The number of hydrogen-bond acceptors (Lipinski definition) is 5. The quantitative estimate of drug-likeness (QED) is 0.274. The lowest BCUT2D eigenvalue weighted by atomic mass is 9.77. The molecule has 1 aromatic heterocycles. The second kappa shape index (κ2) is 12.2. The van der Waals surface area contributed by atoms with Crippen molar-refractivity contribution < 1.29 is 14.3 Å². The van der Waals surface area contributed by atoms with Gasteiger partial charge in [0.1, 0.15) is 17.1 Å². The fraction of sp³-hybridized carbons (Fsp3) is 0.613. The molecule has 37 heavy (non-hydrogen) atoms. The summed E-state index contributed by atoms with van der Waals surface area (Å²) in [5.41, 5.74) is 3.66. The van der Waals surface area contributed by atoms with Crippen molar-refractivity contribution in [2.45, 2.75) is 96.5 Å². The van der Waals surface area contributed by atoms with Crippen LogP contribution in [0.15, 0.2) is 30.6 Å². The van der Waals surface area contributed by atoms with Gasteiger partial charge in [0.05, 0.1) is 5.56 Å². The van der Waals surface area contributed by atoms with Gasteiger partial charge in [-0.1, -0.05) is 32.6 Å². The van der Waals surface area contributed by atoms with Gasteiger partial charge in [0.25, 0.3) is 0 Å². The van der Waals surface area contributed by atoms with E-state index in [2.05, 4.69) is 42.8 Å². The molecule has 0 N–H and O–H groups in total. The SMILES string of the molecule is CC(c1cc(OC(=O)CCCN2CCCCC2)c2c(c1)OC(C)(C)c1ccncc1-2)C1CCCCC1.Cl. The summed E-state index contributed by atoms with van der Waals surface area (Å²) in [7, 11) is 0. The van der Waals surface area contributed by atoms with E-state index in [1.165, 1.54) is 56.9 Å². The molecular weight excluding hydrogens is 484 g/mol. The molecular formula is C31H43ClN2O3. The molecule has 202 valence electrons. The molecule has 5 nitrogen and oxygen atoms in total. The van der Waals surface area contributed by atoms with Crippen molar-refractivity contribution in [1.82, 2.24) is 9.88 Å². The van der Waals surface area contributed by atoms with Gasteiger partial charge >= 0.3 is 5.97 Å². The standard InChI is InChI=1S/C31H42N2O3.ClH/c1-22(23-11-6-4-7-12-23)24-19-27(35-29(34)13-10-18-33-16-8-5-9-17-33)30-25-21-32-15-14-26(25)31(2,3)36-28(30)20-24;/h14-15,19-23H,4-13,16-18H2,1-3H3;1H. The smallest absolute Gasteiger partial charge is 0.311 e. The second-order valence-corrected chi connectivity index (χ2v) is 11.6. The van der Waals surface area contributed by atoms with Gasteiger partial charge in [-0.3, -0.25) is 9.78 Å². The van der Waals surface area contributed by atoms with Crippen molar-refractivity contribution in [1.29, 1.82) is 0 Å². The maximum absolute atomic E-state index is 13.1. The third kappa shape index (κ3) is 6.31. The highest BCUT2D eigenvalue weighted by Gasteiger charge is 2.36. The van der Waals surface area contributed by atoms with Crippen molar-refractivity contribution in [3.63, 3.8) is 0 Å². The number of ether oxygens (including phenoxy) is 2. The molecule has 1 aliphatic carbocycles. The molecule has 0 radical (unpaired) electrons. The van der Waals surface area contributed by atoms with Gasteiger partial charge in [-0.05, 0) is 101 Å². The third-order valence-corrected chi connectivity index (χ3v) is 8.60. The molecule has 1 saturated carbocycles. The van der Waals surface area contributed by atoms with E-state index >= 15 is 0 Å². The summed E-state index contributed by atoms with van der Waals surface area (Å²) in [6.07, 6.45) is 15.3. The molecule has 3 aliphatic rings. The van der Waals surface area contributed by atoms with Crippen LogP contribution in [0, 0.1) is 5.92 Å². The molecule has 1 unspecified atom stereocenters. The van der Waals surface area contributed by atoms with Gasteiger partial charge in [-0.2, -0.15) is 0 Å². The number of carbonyl (C=O) groups excluding carboxylic acids is 1. The molecule has 3 heterocycles. The van der Waals surface area contributed by atoms with Crippen LogP contribution in [0.2, 0.25) is 0 Å². The zero-order chi connectivity index (χ0) is 25.1. The molecule has 6 heteroatoms. The summed E-state index contributed by atoms with van der Waals surface area (Å²) >= 11 is 0. The summed E-state index contributed by atoms with van der Waals surface area (Å²) in [6.45, 7) is 9.79. The Hall–Kier alpha value is -2.11. The minimum Gasteiger partial charge on any atom is -0.482 e. The largest absolute Gasteiger partial charge is 0.482 e. The molecule has 2 aliphatic heterocycles.